The van der Waals surface area contributed by atoms with Gasteiger partial charge in [0.2, 0.25) is 5.91 Å². The van der Waals surface area contributed by atoms with Gasteiger partial charge < -0.3 is 4.90 Å². The lowest BCUT2D eigenvalue weighted by atomic mass is 10.0. The molecule has 1 atom stereocenters. The third-order valence-corrected chi connectivity index (χ3v) is 6.00. The standard InChI is InChI=1S/C21H22N2OS/c24-21(13-12-20-22-18-10-4-5-11-19(18)25-20)23-14-6-9-17(23)15-16-7-2-1-3-8-16/h1-5,7-8,10-11,17H,6,9,12-15H2. The predicted octanol–water partition coefficient (Wildman–Crippen LogP) is 4.46. The highest BCUT2D eigenvalue weighted by Crippen LogP contribution is 2.25. The first-order chi connectivity index (χ1) is 12.3. The molecule has 4 rings (SSSR count). The second-order valence-electron chi connectivity index (χ2n) is 6.65. The van der Waals surface area contributed by atoms with Crippen molar-refractivity contribution in [1.29, 1.82) is 0 Å². The lowest BCUT2D eigenvalue weighted by Gasteiger charge is -2.25. The molecule has 0 spiro atoms. The van der Waals surface area contributed by atoms with Crippen LogP contribution in [-0.2, 0) is 17.6 Å². The number of nitrogens with zero attached hydrogens (tertiary/aromatic N) is 2. The van der Waals surface area contributed by atoms with Gasteiger partial charge in [-0.25, -0.2) is 4.98 Å². The Kier molecular flexibility index (Phi) is 4.79. The van der Waals surface area contributed by atoms with Crippen LogP contribution in [0.1, 0.15) is 29.8 Å². The van der Waals surface area contributed by atoms with Gasteiger partial charge in [0.25, 0.3) is 0 Å². The number of carbonyl (C=O) groups is 1. The number of amides is 1. The van der Waals surface area contributed by atoms with E-state index in [9.17, 15) is 4.79 Å². The van der Waals surface area contributed by atoms with Crippen LogP contribution in [0.25, 0.3) is 10.2 Å². The number of aryl methyl sites for hydroxylation is 1. The lowest BCUT2D eigenvalue weighted by Crippen LogP contribution is -2.36. The normalized spacial score (nSPS) is 17.3. The Morgan fingerprint density at radius 2 is 1.92 bits per heavy atom. The molecule has 1 aliphatic rings. The molecule has 0 radical (unpaired) electrons. The molecule has 1 aromatic heterocycles. The largest absolute Gasteiger partial charge is 0.339 e. The number of carbonyl (C=O) groups excluding carboxylic acids is 1. The van der Waals surface area contributed by atoms with Crippen molar-refractivity contribution in [3.05, 3.63) is 65.2 Å². The Balaban J connectivity index is 1.38. The van der Waals surface area contributed by atoms with Gasteiger partial charge in [0.1, 0.15) is 0 Å². The van der Waals surface area contributed by atoms with Crippen LogP contribution in [-0.4, -0.2) is 28.4 Å². The zero-order valence-corrected chi connectivity index (χ0v) is 15.0. The third-order valence-electron chi connectivity index (χ3n) is 4.90. The zero-order chi connectivity index (χ0) is 17.1. The summed E-state index contributed by atoms with van der Waals surface area (Å²) in [6.45, 7) is 0.899. The highest BCUT2D eigenvalue weighted by molar-refractivity contribution is 7.18. The summed E-state index contributed by atoms with van der Waals surface area (Å²) in [5, 5.41) is 1.06. The minimum atomic E-state index is 0.276. The monoisotopic (exact) mass is 350 g/mol. The van der Waals surface area contributed by atoms with Crippen molar-refractivity contribution in [3.8, 4) is 0 Å². The summed E-state index contributed by atoms with van der Waals surface area (Å²) in [6, 6.07) is 19.0. The quantitative estimate of drug-likeness (QED) is 0.680. The molecule has 1 fully saturated rings. The summed E-state index contributed by atoms with van der Waals surface area (Å²) in [5.41, 5.74) is 2.36. The molecule has 1 amide bonds. The second kappa shape index (κ2) is 7.36. The van der Waals surface area contributed by atoms with Crippen LogP contribution in [0.4, 0.5) is 0 Å². The maximum absolute atomic E-state index is 12.7. The van der Waals surface area contributed by atoms with Crippen molar-refractivity contribution >= 4 is 27.5 Å². The molecule has 0 N–H and O–H groups in total. The zero-order valence-electron chi connectivity index (χ0n) is 14.2. The number of hydrogen-bond acceptors (Lipinski definition) is 3. The molecule has 2 aromatic carbocycles. The number of aromatic nitrogens is 1. The maximum atomic E-state index is 12.7. The first-order valence-electron chi connectivity index (χ1n) is 8.97. The summed E-state index contributed by atoms with van der Waals surface area (Å²) in [7, 11) is 0. The number of para-hydroxylation sites is 1. The van der Waals surface area contributed by atoms with Gasteiger partial charge in [0, 0.05) is 25.4 Å². The van der Waals surface area contributed by atoms with E-state index in [1.807, 2.05) is 24.3 Å². The van der Waals surface area contributed by atoms with E-state index in [1.165, 1.54) is 10.3 Å². The van der Waals surface area contributed by atoms with E-state index in [1.54, 1.807) is 11.3 Å². The fraction of sp³-hybridized carbons (Fsp3) is 0.333. The van der Waals surface area contributed by atoms with Crippen LogP contribution >= 0.6 is 11.3 Å². The summed E-state index contributed by atoms with van der Waals surface area (Å²) in [5.74, 6) is 0.276. The number of likely N-dealkylation sites (tertiary alicyclic amines) is 1. The highest BCUT2D eigenvalue weighted by atomic mass is 32.1. The molecule has 1 unspecified atom stereocenters. The van der Waals surface area contributed by atoms with Gasteiger partial charge in [-0.3, -0.25) is 4.79 Å². The molecular weight excluding hydrogens is 328 g/mol. The molecule has 4 heteroatoms. The summed E-state index contributed by atoms with van der Waals surface area (Å²) >= 11 is 1.70. The first-order valence-corrected chi connectivity index (χ1v) is 9.79. The van der Waals surface area contributed by atoms with Gasteiger partial charge in [-0.2, -0.15) is 0 Å². The van der Waals surface area contributed by atoms with Crippen molar-refractivity contribution in [2.45, 2.75) is 38.1 Å². The second-order valence-corrected chi connectivity index (χ2v) is 7.76. The number of benzene rings is 2. The number of fused-ring (bicyclic) bond motifs is 1. The van der Waals surface area contributed by atoms with Crippen LogP contribution in [0.15, 0.2) is 54.6 Å². The molecule has 0 saturated carbocycles. The van der Waals surface area contributed by atoms with E-state index in [4.69, 9.17) is 0 Å². The van der Waals surface area contributed by atoms with Crippen LogP contribution in [0.3, 0.4) is 0 Å². The van der Waals surface area contributed by atoms with Gasteiger partial charge >= 0.3 is 0 Å². The number of rotatable bonds is 5. The molecule has 0 bridgehead atoms. The van der Waals surface area contributed by atoms with Crippen LogP contribution < -0.4 is 0 Å². The fourth-order valence-electron chi connectivity index (χ4n) is 3.65. The van der Waals surface area contributed by atoms with Crippen molar-refractivity contribution in [3.63, 3.8) is 0 Å². The summed E-state index contributed by atoms with van der Waals surface area (Å²) in [6.07, 6.45) is 4.50. The van der Waals surface area contributed by atoms with Gasteiger partial charge in [0.15, 0.2) is 0 Å². The number of hydrogen-bond donors (Lipinski definition) is 0. The van der Waals surface area contributed by atoms with Crippen molar-refractivity contribution in [1.82, 2.24) is 9.88 Å². The average Bonchev–Trinajstić information content (AvgIpc) is 3.27. The van der Waals surface area contributed by atoms with Crippen LogP contribution in [0.2, 0.25) is 0 Å². The number of thiazole rings is 1. The topological polar surface area (TPSA) is 33.2 Å². The molecule has 25 heavy (non-hydrogen) atoms. The minimum absolute atomic E-state index is 0.276. The third kappa shape index (κ3) is 3.74. The van der Waals surface area contributed by atoms with Gasteiger partial charge in [-0.15, -0.1) is 11.3 Å². The molecule has 1 aliphatic heterocycles. The fourth-order valence-corrected chi connectivity index (χ4v) is 4.61. The Morgan fingerprint density at radius 3 is 2.76 bits per heavy atom. The smallest absolute Gasteiger partial charge is 0.223 e. The van der Waals surface area contributed by atoms with E-state index in [0.717, 1.165) is 42.8 Å². The summed E-state index contributed by atoms with van der Waals surface area (Å²) < 4.78 is 1.20. The van der Waals surface area contributed by atoms with Gasteiger partial charge in [-0.05, 0) is 37.0 Å². The molecule has 2 heterocycles. The van der Waals surface area contributed by atoms with E-state index in [-0.39, 0.29) is 5.91 Å². The van der Waals surface area contributed by atoms with E-state index in [0.29, 0.717) is 12.5 Å². The Bertz CT molecular complexity index is 825. The van der Waals surface area contributed by atoms with E-state index >= 15 is 0 Å². The van der Waals surface area contributed by atoms with Crippen molar-refractivity contribution in [2.75, 3.05) is 6.54 Å². The first kappa shape index (κ1) is 16.3. The molecule has 1 saturated heterocycles. The Morgan fingerprint density at radius 1 is 1.12 bits per heavy atom. The van der Waals surface area contributed by atoms with Crippen LogP contribution in [0.5, 0.6) is 0 Å². The van der Waals surface area contributed by atoms with E-state index in [2.05, 4.69) is 40.2 Å². The lowest BCUT2D eigenvalue weighted by molar-refractivity contribution is -0.131. The highest BCUT2D eigenvalue weighted by Gasteiger charge is 2.28. The van der Waals surface area contributed by atoms with Gasteiger partial charge in [-0.1, -0.05) is 42.5 Å². The van der Waals surface area contributed by atoms with Crippen molar-refractivity contribution in [2.24, 2.45) is 0 Å². The molecular formula is C21H22N2OS. The Labute approximate surface area is 152 Å². The SMILES string of the molecule is O=C(CCc1nc2ccccc2s1)N1CCCC1Cc1ccccc1. The van der Waals surface area contributed by atoms with E-state index < -0.39 is 0 Å². The minimum Gasteiger partial charge on any atom is -0.339 e. The maximum Gasteiger partial charge on any atom is 0.223 e. The van der Waals surface area contributed by atoms with Crippen molar-refractivity contribution < 1.29 is 4.79 Å². The summed E-state index contributed by atoms with van der Waals surface area (Å²) in [4.78, 5) is 19.5. The molecule has 3 aromatic rings. The van der Waals surface area contributed by atoms with Gasteiger partial charge in [0.05, 0.1) is 15.2 Å². The molecule has 3 nitrogen and oxygen atoms in total. The molecule has 0 aliphatic carbocycles. The predicted molar refractivity (Wildman–Crippen MR) is 103 cm³/mol. The average molecular weight is 350 g/mol. The Hall–Kier alpha value is -2.20. The molecule has 128 valence electrons. The van der Waals surface area contributed by atoms with Crippen LogP contribution in [0, 0.1) is 0 Å².